The van der Waals surface area contributed by atoms with E-state index in [9.17, 15) is 9.59 Å². The molecule has 3 N–H and O–H groups in total. The smallest absolute Gasteiger partial charge is 0.237 e. The van der Waals surface area contributed by atoms with Crippen LogP contribution in [-0.4, -0.2) is 11.8 Å². The Labute approximate surface area is 148 Å². The molecule has 1 aliphatic rings. The van der Waals surface area contributed by atoms with Gasteiger partial charge in [0, 0.05) is 16.1 Å². The number of allylic oxidation sites excluding steroid dienone is 1. The van der Waals surface area contributed by atoms with Crippen molar-refractivity contribution in [3.05, 3.63) is 75.8 Å². The molecule has 0 spiro atoms. The third-order valence-electron chi connectivity index (χ3n) is 4.17. The fourth-order valence-corrected chi connectivity index (χ4v) is 3.14. The third kappa shape index (κ3) is 3.26. The van der Waals surface area contributed by atoms with E-state index < -0.39 is 11.8 Å². The zero-order valence-corrected chi connectivity index (χ0v) is 14.7. The summed E-state index contributed by atoms with van der Waals surface area (Å²) >= 11 is 3.40. The summed E-state index contributed by atoms with van der Waals surface area (Å²) in [6.07, 6.45) is 1.91. The van der Waals surface area contributed by atoms with Gasteiger partial charge in [0.1, 0.15) is 5.92 Å². The number of rotatable bonds is 3. The van der Waals surface area contributed by atoms with Crippen LogP contribution in [0.3, 0.4) is 0 Å². The van der Waals surface area contributed by atoms with Gasteiger partial charge in [-0.05, 0) is 30.2 Å². The van der Waals surface area contributed by atoms with Crippen molar-refractivity contribution in [2.75, 3.05) is 0 Å². The Morgan fingerprint density at radius 3 is 2.29 bits per heavy atom. The van der Waals surface area contributed by atoms with Crippen LogP contribution in [0, 0.1) is 12.8 Å². The minimum absolute atomic E-state index is 0.367. The van der Waals surface area contributed by atoms with Gasteiger partial charge in [-0.25, -0.2) is 0 Å². The Hall–Kier alpha value is -2.40. The number of amides is 2. The van der Waals surface area contributed by atoms with Crippen LogP contribution in [0.4, 0.5) is 0 Å². The molecule has 0 radical (unpaired) electrons. The zero-order chi connectivity index (χ0) is 17.3. The topological polar surface area (TPSA) is 72.2 Å². The van der Waals surface area contributed by atoms with Crippen molar-refractivity contribution in [1.82, 2.24) is 5.32 Å². The van der Waals surface area contributed by atoms with Crippen LogP contribution in [0.1, 0.15) is 22.6 Å². The average molecular weight is 385 g/mol. The standard InChI is InChI=1S/C19H17BrN2O2/c1-11-2-4-12(5-3-11)15-10-16(13-6-8-14(20)9-7-13)22-19(24)17(15)18(21)23/h2-10,15,17H,1H3,(H2,21,23)(H,22,24). The molecular formula is C19H17BrN2O2. The van der Waals surface area contributed by atoms with E-state index in [4.69, 9.17) is 5.73 Å². The number of halogens is 1. The molecule has 0 aromatic heterocycles. The molecule has 2 unspecified atom stereocenters. The Kier molecular flexibility index (Phi) is 4.53. The van der Waals surface area contributed by atoms with Gasteiger partial charge in [-0.3, -0.25) is 9.59 Å². The lowest BCUT2D eigenvalue weighted by molar-refractivity contribution is -0.133. The van der Waals surface area contributed by atoms with E-state index in [0.29, 0.717) is 5.70 Å². The highest BCUT2D eigenvalue weighted by Crippen LogP contribution is 2.33. The van der Waals surface area contributed by atoms with Gasteiger partial charge in [0.25, 0.3) is 0 Å². The molecule has 0 saturated heterocycles. The Morgan fingerprint density at radius 2 is 1.71 bits per heavy atom. The van der Waals surface area contributed by atoms with Gasteiger partial charge in [0.15, 0.2) is 0 Å². The van der Waals surface area contributed by atoms with Crippen LogP contribution in [0.2, 0.25) is 0 Å². The monoisotopic (exact) mass is 384 g/mol. The van der Waals surface area contributed by atoms with Gasteiger partial charge in [0.2, 0.25) is 11.8 Å². The van der Waals surface area contributed by atoms with Crippen molar-refractivity contribution in [1.29, 1.82) is 0 Å². The lowest BCUT2D eigenvalue weighted by atomic mass is 9.81. The lowest BCUT2D eigenvalue weighted by Crippen LogP contribution is -2.44. The lowest BCUT2D eigenvalue weighted by Gasteiger charge is -2.28. The highest BCUT2D eigenvalue weighted by molar-refractivity contribution is 9.10. The zero-order valence-electron chi connectivity index (χ0n) is 13.1. The van der Waals surface area contributed by atoms with E-state index in [1.165, 1.54) is 0 Å². The maximum absolute atomic E-state index is 12.5. The molecular weight excluding hydrogens is 368 g/mol. The number of hydrogen-bond acceptors (Lipinski definition) is 2. The maximum Gasteiger partial charge on any atom is 0.237 e. The normalized spacial score (nSPS) is 20.2. The van der Waals surface area contributed by atoms with Crippen LogP contribution in [-0.2, 0) is 9.59 Å². The second-order valence-corrected chi connectivity index (χ2v) is 6.81. The summed E-state index contributed by atoms with van der Waals surface area (Å²) in [7, 11) is 0. The third-order valence-corrected chi connectivity index (χ3v) is 4.70. The summed E-state index contributed by atoms with van der Waals surface area (Å²) < 4.78 is 0.957. The molecule has 3 rings (SSSR count). The first kappa shape index (κ1) is 16.5. The summed E-state index contributed by atoms with van der Waals surface area (Å²) in [5.74, 6) is -2.28. The van der Waals surface area contributed by atoms with Gasteiger partial charge in [-0.15, -0.1) is 0 Å². The number of nitrogens with two attached hydrogens (primary N) is 1. The number of carbonyl (C=O) groups is 2. The Morgan fingerprint density at radius 1 is 1.08 bits per heavy atom. The molecule has 2 aromatic rings. The van der Waals surface area contributed by atoms with Crippen LogP contribution < -0.4 is 11.1 Å². The minimum atomic E-state index is -0.910. The van der Waals surface area contributed by atoms with Crippen molar-refractivity contribution in [2.45, 2.75) is 12.8 Å². The first-order valence-electron chi connectivity index (χ1n) is 7.60. The molecule has 5 heteroatoms. The van der Waals surface area contributed by atoms with Crippen LogP contribution in [0.25, 0.3) is 5.70 Å². The first-order chi connectivity index (χ1) is 11.5. The Balaban J connectivity index is 2.07. The van der Waals surface area contributed by atoms with Crippen LogP contribution >= 0.6 is 15.9 Å². The fraction of sp³-hybridized carbons (Fsp3) is 0.158. The molecule has 24 heavy (non-hydrogen) atoms. The van der Waals surface area contributed by atoms with E-state index in [0.717, 1.165) is 21.2 Å². The molecule has 4 nitrogen and oxygen atoms in total. The summed E-state index contributed by atoms with van der Waals surface area (Å²) in [5, 5.41) is 2.80. The van der Waals surface area contributed by atoms with E-state index in [1.807, 2.05) is 61.5 Å². The number of benzene rings is 2. The molecule has 122 valence electrons. The van der Waals surface area contributed by atoms with Gasteiger partial charge in [0.05, 0.1) is 0 Å². The summed E-state index contributed by atoms with van der Waals surface area (Å²) in [4.78, 5) is 24.3. The molecule has 0 fully saturated rings. The second kappa shape index (κ2) is 6.61. The van der Waals surface area contributed by atoms with Crippen molar-refractivity contribution in [2.24, 2.45) is 11.7 Å². The molecule has 2 amide bonds. The number of aryl methyl sites for hydroxylation is 1. The van der Waals surface area contributed by atoms with Gasteiger partial charge < -0.3 is 11.1 Å². The van der Waals surface area contributed by atoms with Gasteiger partial charge >= 0.3 is 0 Å². The predicted octanol–water partition coefficient (Wildman–Crippen LogP) is 3.11. The predicted molar refractivity (Wildman–Crippen MR) is 96.9 cm³/mol. The van der Waals surface area contributed by atoms with Gasteiger partial charge in [-0.1, -0.05) is 64.0 Å². The summed E-state index contributed by atoms with van der Waals surface area (Å²) in [5.41, 5.74) is 9.07. The van der Waals surface area contributed by atoms with Gasteiger partial charge in [-0.2, -0.15) is 0 Å². The van der Waals surface area contributed by atoms with Crippen molar-refractivity contribution in [3.63, 3.8) is 0 Å². The SMILES string of the molecule is Cc1ccc(C2C=C(c3ccc(Br)cc3)NC(=O)C2C(N)=O)cc1. The van der Waals surface area contributed by atoms with Crippen molar-refractivity contribution < 1.29 is 9.59 Å². The highest BCUT2D eigenvalue weighted by atomic mass is 79.9. The minimum Gasteiger partial charge on any atom is -0.369 e. The first-order valence-corrected chi connectivity index (χ1v) is 8.39. The maximum atomic E-state index is 12.5. The van der Waals surface area contributed by atoms with Crippen LogP contribution in [0.5, 0.6) is 0 Å². The van der Waals surface area contributed by atoms with E-state index in [-0.39, 0.29) is 11.8 Å². The molecule has 2 aromatic carbocycles. The van der Waals surface area contributed by atoms with Crippen molar-refractivity contribution in [3.8, 4) is 0 Å². The fourth-order valence-electron chi connectivity index (χ4n) is 2.87. The molecule has 1 aliphatic heterocycles. The summed E-state index contributed by atoms with van der Waals surface area (Å²) in [6, 6.07) is 15.4. The highest BCUT2D eigenvalue weighted by Gasteiger charge is 2.37. The molecule has 0 aliphatic carbocycles. The number of nitrogens with one attached hydrogen (secondary N) is 1. The molecule has 1 heterocycles. The number of carbonyl (C=O) groups excluding carboxylic acids is 2. The number of primary amides is 1. The van der Waals surface area contributed by atoms with Crippen molar-refractivity contribution >= 4 is 33.4 Å². The Bertz CT molecular complexity index is 810. The van der Waals surface area contributed by atoms with E-state index >= 15 is 0 Å². The quantitative estimate of drug-likeness (QED) is 0.797. The molecule has 0 saturated carbocycles. The van der Waals surface area contributed by atoms with Crippen LogP contribution in [0.15, 0.2) is 59.1 Å². The second-order valence-electron chi connectivity index (χ2n) is 5.89. The van der Waals surface area contributed by atoms with E-state index in [2.05, 4.69) is 21.2 Å². The summed E-state index contributed by atoms with van der Waals surface area (Å²) in [6.45, 7) is 1.99. The van der Waals surface area contributed by atoms with E-state index in [1.54, 1.807) is 0 Å². The largest absolute Gasteiger partial charge is 0.369 e. The average Bonchev–Trinajstić information content (AvgIpc) is 2.55. The molecule has 2 atom stereocenters. The number of hydrogen-bond donors (Lipinski definition) is 2. The molecule has 0 bridgehead atoms.